The molecule has 0 radical (unpaired) electrons. The molecule has 1 aliphatic rings. The maximum absolute atomic E-state index is 13.0. The Labute approximate surface area is 84.3 Å². The second-order valence-corrected chi connectivity index (χ2v) is 2.96. The first-order chi connectivity index (χ1) is 7.18. The smallest absolute Gasteiger partial charge is 0.305 e. The summed E-state index contributed by atoms with van der Waals surface area (Å²) in [7, 11) is 0. The second-order valence-electron chi connectivity index (χ2n) is 2.96. The van der Waals surface area contributed by atoms with Crippen LogP contribution in [0.4, 0.5) is 10.1 Å². The molecule has 0 saturated carbocycles. The minimum absolute atomic E-state index is 0.332. The molecule has 5 nitrogen and oxygen atoms in total. The third-order valence-corrected chi connectivity index (χ3v) is 1.98. The molecule has 0 amide bonds. The minimum atomic E-state index is -0.859. The highest BCUT2D eigenvalue weighted by molar-refractivity contribution is 5.95. The van der Waals surface area contributed by atoms with E-state index in [1.807, 2.05) is 0 Å². The first-order valence-corrected chi connectivity index (χ1v) is 4.30. The van der Waals surface area contributed by atoms with Crippen LogP contribution >= 0.6 is 0 Å². The Kier molecular flexibility index (Phi) is 2.32. The van der Waals surface area contributed by atoms with Gasteiger partial charge in [0.2, 0.25) is 11.7 Å². The van der Waals surface area contributed by atoms with Crippen LogP contribution in [0.5, 0.6) is 0 Å². The van der Waals surface area contributed by atoms with Gasteiger partial charge in [-0.05, 0) is 12.1 Å². The molecule has 6 heteroatoms. The van der Waals surface area contributed by atoms with E-state index in [-0.39, 0.29) is 0 Å². The van der Waals surface area contributed by atoms with E-state index < -0.39 is 16.4 Å². The number of hydrogen-bond donors (Lipinski definition) is 0. The zero-order valence-electron chi connectivity index (χ0n) is 7.64. The van der Waals surface area contributed by atoms with Crippen LogP contribution in [-0.2, 0) is 4.74 Å². The summed E-state index contributed by atoms with van der Waals surface area (Å²) < 4.78 is 18.1. The van der Waals surface area contributed by atoms with Crippen molar-refractivity contribution in [1.29, 1.82) is 0 Å². The van der Waals surface area contributed by atoms with E-state index >= 15 is 0 Å². The number of ether oxygens (including phenoxy) is 1. The molecule has 1 heterocycles. The summed E-state index contributed by atoms with van der Waals surface area (Å²) in [6.07, 6.45) is 0. The van der Waals surface area contributed by atoms with Gasteiger partial charge in [0, 0.05) is 11.6 Å². The number of rotatable bonds is 2. The van der Waals surface area contributed by atoms with E-state index in [2.05, 4.69) is 4.99 Å². The molecular formula is C9H7FN2O3. The Balaban J connectivity index is 2.42. The zero-order valence-corrected chi connectivity index (χ0v) is 7.64. The first kappa shape index (κ1) is 9.57. The van der Waals surface area contributed by atoms with Crippen LogP contribution in [0.3, 0.4) is 0 Å². The monoisotopic (exact) mass is 210 g/mol. The van der Waals surface area contributed by atoms with E-state index in [0.717, 1.165) is 12.1 Å². The van der Waals surface area contributed by atoms with Crippen LogP contribution in [0, 0.1) is 15.9 Å². The van der Waals surface area contributed by atoms with Gasteiger partial charge in [0.15, 0.2) is 0 Å². The van der Waals surface area contributed by atoms with Crippen LogP contribution in [0.25, 0.3) is 0 Å². The average Bonchev–Trinajstić information content (AvgIpc) is 2.71. The van der Waals surface area contributed by atoms with Crippen molar-refractivity contribution in [2.45, 2.75) is 0 Å². The summed E-state index contributed by atoms with van der Waals surface area (Å²) >= 11 is 0. The van der Waals surface area contributed by atoms with Gasteiger partial charge in [-0.25, -0.2) is 4.99 Å². The quantitative estimate of drug-likeness (QED) is 0.549. The highest BCUT2D eigenvalue weighted by Gasteiger charge is 2.18. The largest absolute Gasteiger partial charge is 0.476 e. The number of hydrogen-bond acceptors (Lipinski definition) is 4. The summed E-state index contributed by atoms with van der Waals surface area (Å²) in [6.45, 7) is 0.987. The van der Waals surface area contributed by atoms with Gasteiger partial charge in [0.25, 0.3) is 0 Å². The van der Waals surface area contributed by atoms with E-state index in [0.29, 0.717) is 24.6 Å². The van der Waals surface area contributed by atoms with Crippen LogP contribution in [0.15, 0.2) is 23.2 Å². The standard InChI is InChI=1S/C9H7FN2O3/c10-7-2-1-6(5-8(7)12(13)14)9-11-3-4-15-9/h1-2,5H,3-4H2. The number of nitro benzene ring substituents is 1. The molecule has 0 atom stereocenters. The van der Waals surface area contributed by atoms with Crippen LogP contribution < -0.4 is 0 Å². The fourth-order valence-corrected chi connectivity index (χ4v) is 1.30. The summed E-state index contributed by atoms with van der Waals surface area (Å²) in [5.74, 6) is -0.527. The summed E-state index contributed by atoms with van der Waals surface area (Å²) in [4.78, 5) is 13.7. The van der Waals surface area contributed by atoms with Crippen LogP contribution in [-0.4, -0.2) is 24.0 Å². The topological polar surface area (TPSA) is 64.7 Å². The van der Waals surface area contributed by atoms with E-state index in [1.54, 1.807) is 0 Å². The SMILES string of the molecule is O=[N+]([O-])c1cc(C2=NCCO2)ccc1F. The molecule has 1 aromatic carbocycles. The predicted molar refractivity (Wildman–Crippen MR) is 50.4 cm³/mol. The molecule has 2 rings (SSSR count). The lowest BCUT2D eigenvalue weighted by atomic mass is 10.2. The third kappa shape index (κ3) is 1.78. The third-order valence-electron chi connectivity index (χ3n) is 1.98. The molecule has 0 unspecified atom stereocenters. The minimum Gasteiger partial charge on any atom is -0.476 e. The van der Waals surface area contributed by atoms with Crippen molar-refractivity contribution in [2.24, 2.45) is 4.99 Å². The van der Waals surface area contributed by atoms with Gasteiger partial charge in [0.05, 0.1) is 11.5 Å². The van der Waals surface area contributed by atoms with Gasteiger partial charge in [-0.3, -0.25) is 10.1 Å². The van der Waals surface area contributed by atoms with Crippen molar-refractivity contribution in [3.63, 3.8) is 0 Å². The van der Waals surface area contributed by atoms with Crippen molar-refractivity contribution >= 4 is 11.6 Å². The highest BCUT2D eigenvalue weighted by Crippen LogP contribution is 2.20. The fourth-order valence-electron chi connectivity index (χ4n) is 1.30. The van der Waals surface area contributed by atoms with Gasteiger partial charge in [0.1, 0.15) is 6.61 Å². The Bertz CT molecular complexity index is 445. The normalized spacial score (nSPS) is 14.6. The Hall–Kier alpha value is -1.98. The number of nitrogens with zero attached hydrogens (tertiary/aromatic N) is 2. The molecule has 0 bridgehead atoms. The molecule has 0 fully saturated rings. The number of benzene rings is 1. The molecule has 15 heavy (non-hydrogen) atoms. The molecule has 0 saturated heterocycles. The number of nitro groups is 1. The summed E-state index contributed by atoms with van der Waals surface area (Å²) in [5, 5.41) is 10.5. The molecule has 0 aliphatic carbocycles. The first-order valence-electron chi connectivity index (χ1n) is 4.30. The number of halogens is 1. The molecule has 0 spiro atoms. The maximum atomic E-state index is 13.0. The van der Waals surface area contributed by atoms with Crippen molar-refractivity contribution < 1.29 is 14.1 Å². The Morgan fingerprint density at radius 2 is 2.33 bits per heavy atom. The maximum Gasteiger partial charge on any atom is 0.305 e. The molecular weight excluding hydrogens is 203 g/mol. The van der Waals surface area contributed by atoms with Crippen molar-refractivity contribution in [3.05, 3.63) is 39.7 Å². The van der Waals surface area contributed by atoms with Gasteiger partial charge in [-0.15, -0.1) is 0 Å². The Morgan fingerprint density at radius 1 is 1.53 bits per heavy atom. The van der Waals surface area contributed by atoms with Crippen LogP contribution in [0.2, 0.25) is 0 Å². The van der Waals surface area contributed by atoms with Crippen LogP contribution in [0.1, 0.15) is 5.56 Å². The van der Waals surface area contributed by atoms with E-state index in [1.165, 1.54) is 6.07 Å². The lowest BCUT2D eigenvalue weighted by Crippen LogP contribution is -2.03. The Morgan fingerprint density at radius 3 is 2.93 bits per heavy atom. The zero-order chi connectivity index (χ0) is 10.8. The van der Waals surface area contributed by atoms with Gasteiger partial charge in [-0.1, -0.05) is 0 Å². The van der Waals surface area contributed by atoms with E-state index in [4.69, 9.17) is 4.74 Å². The molecule has 0 N–H and O–H groups in total. The number of aliphatic imine (C=N–C) groups is 1. The van der Waals surface area contributed by atoms with Crippen molar-refractivity contribution in [1.82, 2.24) is 0 Å². The summed E-state index contributed by atoms with van der Waals surface area (Å²) in [5.41, 5.74) is -0.133. The second kappa shape index (κ2) is 3.64. The lowest BCUT2D eigenvalue weighted by molar-refractivity contribution is -0.387. The fraction of sp³-hybridized carbons (Fsp3) is 0.222. The molecule has 78 valence electrons. The average molecular weight is 210 g/mol. The van der Waals surface area contributed by atoms with Gasteiger partial charge < -0.3 is 4.74 Å². The van der Waals surface area contributed by atoms with Gasteiger partial charge in [-0.2, -0.15) is 4.39 Å². The molecule has 1 aliphatic heterocycles. The summed E-state index contributed by atoms with van der Waals surface area (Å²) in [6, 6.07) is 3.57. The van der Waals surface area contributed by atoms with E-state index in [9.17, 15) is 14.5 Å². The lowest BCUT2D eigenvalue weighted by Gasteiger charge is -2.01. The molecule has 0 aromatic heterocycles. The van der Waals surface area contributed by atoms with Crippen molar-refractivity contribution in [3.8, 4) is 0 Å². The van der Waals surface area contributed by atoms with Gasteiger partial charge >= 0.3 is 5.69 Å². The highest BCUT2D eigenvalue weighted by atomic mass is 19.1. The molecule has 1 aromatic rings. The van der Waals surface area contributed by atoms with Crippen molar-refractivity contribution in [2.75, 3.05) is 13.2 Å². The predicted octanol–water partition coefficient (Wildman–Crippen LogP) is 1.51.